The molecule has 0 amide bonds. The first-order valence-corrected chi connectivity index (χ1v) is 7.24. The van der Waals surface area contributed by atoms with Gasteiger partial charge in [0.15, 0.2) is 0 Å². The molecule has 0 aliphatic heterocycles. The molecule has 2 rings (SSSR count). The van der Waals surface area contributed by atoms with Crippen molar-refractivity contribution in [2.24, 2.45) is 0 Å². The first kappa shape index (κ1) is 14.6. The van der Waals surface area contributed by atoms with Gasteiger partial charge in [-0.05, 0) is 65.5 Å². The molecule has 1 atom stereocenters. The summed E-state index contributed by atoms with van der Waals surface area (Å²) in [6.07, 6.45) is 1.76. The zero-order valence-corrected chi connectivity index (χ0v) is 13.6. The fraction of sp³-hybridized carbons (Fsp3) is 0.214. The molecule has 1 unspecified atom stereocenters. The van der Waals surface area contributed by atoms with E-state index in [0.29, 0.717) is 5.02 Å². The van der Waals surface area contributed by atoms with E-state index in [-0.39, 0.29) is 6.04 Å². The minimum absolute atomic E-state index is 0.0539. The molecule has 1 heterocycles. The minimum atomic E-state index is -0.0539. The zero-order chi connectivity index (χ0) is 13.8. The molecule has 0 aliphatic rings. The van der Waals surface area contributed by atoms with Gasteiger partial charge in [0.25, 0.3) is 0 Å². The Kier molecular flexibility index (Phi) is 5.01. The average molecular weight is 389 g/mol. The van der Waals surface area contributed by atoms with Crippen LogP contribution in [-0.4, -0.2) is 19.1 Å². The third-order valence-corrected chi connectivity index (χ3v) is 4.07. The molecule has 0 saturated heterocycles. The molecule has 1 aromatic heterocycles. The molecule has 1 N–H and O–H groups in total. The van der Waals surface area contributed by atoms with Crippen LogP contribution >= 0.6 is 34.2 Å². The van der Waals surface area contributed by atoms with Crippen molar-refractivity contribution >= 4 is 34.2 Å². The van der Waals surface area contributed by atoms with Crippen LogP contribution < -0.4 is 10.1 Å². The topological polar surface area (TPSA) is 34.2 Å². The fourth-order valence-corrected chi connectivity index (χ4v) is 2.79. The smallest absolute Gasteiger partial charge is 0.142 e. The van der Waals surface area contributed by atoms with E-state index in [4.69, 9.17) is 16.3 Å². The van der Waals surface area contributed by atoms with Gasteiger partial charge in [-0.1, -0.05) is 11.6 Å². The van der Waals surface area contributed by atoms with Gasteiger partial charge in [0, 0.05) is 14.8 Å². The highest BCUT2D eigenvalue weighted by molar-refractivity contribution is 14.1. The number of hydrogen-bond acceptors (Lipinski definition) is 3. The van der Waals surface area contributed by atoms with Crippen molar-refractivity contribution in [3.63, 3.8) is 0 Å². The van der Waals surface area contributed by atoms with Crippen LogP contribution in [0.1, 0.15) is 17.3 Å². The van der Waals surface area contributed by atoms with E-state index in [2.05, 4.69) is 32.9 Å². The Bertz CT molecular complexity index is 577. The van der Waals surface area contributed by atoms with Crippen molar-refractivity contribution in [3.05, 3.63) is 56.4 Å². The van der Waals surface area contributed by atoms with Gasteiger partial charge in [0.05, 0.1) is 13.2 Å². The maximum absolute atomic E-state index is 6.10. The van der Waals surface area contributed by atoms with Gasteiger partial charge in [-0.3, -0.25) is 4.98 Å². The van der Waals surface area contributed by atoms with E-state index in [0.717, 1.165) is 20.6 Å². The summed E-state index contributed by atoms with van der Waals surface area (Å²) in [5.41, 5.74) is 1.94. The zero-order valence-electron chi connectivity index (χ0n) is 10.7. The first-order chi connectivity index (χ1) is 9.17. The summed E-state index contributed by atoms with van der Waals surface area (Å²) >= 11 is 8.40. The molecule has 3 nitrogen and oxygen atoms in total. The van der Waals surface area contributed by atoms with E-state index in [1.54, 1.807) is 13.3 Å². The SMILES string of the molecule is CNC(c1cc(Cl)ccc1I)c1ncccc1OC. The van der Waals surface area contributed by atoms with Crippen LogP contribution in [0.2, 0.25) is 5.02 Å². The number of nitrogens with zero attached hydrogens (tertiary/aromatic N) is 1. The van der Waals surface area contributed by atoms with E-state index in [9.17, 15) is 0 Å². The largest absolute Gasteiger partial charge is 0.495 e. The van der Waals surface area contributed by atoms with E-state index in [1.165, 1.54) is 0 Å². The normalized spacial score (nSPS) is 12.2. The number of hydrogen-bond donors (Lipinski definition) is 1. The first-order valence-electron chi connectivity index (χ1n) is 5.78. The lowest BCUT2D eigenvalue weighted by Gasteiger charge is -2.20. The molecule has 0 saturated carbocycles. The van der Waals surface area contributed by atoms with Crippen molar-refractivity contribution < 1.29 is 4.74 Å². The standard InChI is InChI=1S/C14H14ClIN2O/c1-17-13(10-8-9(15)5-6-11(10)16)14-12(19-2)4-3-7-18-14/h3-8,13,17H,1-2H3. The van der Waals surface area contributed by atoms with Crippen molar-refractivity contribution in [1.29, 1.82) is 0 Å². The van der Waals surface area contributed by atoms with Crippen LogP contribution in [0.15, 0.2) is 36.5 Å². The molecule has 2 aromatic rings. The Hall–Kier alpha value is -0.850. The molecule has 0 radical (unpaired) electrons. The number of rotatable bonds is 4. The average Bonchev–Trinajstić information content (AvgIpc) is 2.44. The Labute approximate surface area is 131 Å². The molecule has 0 fully saturated rings. The Morgan fingerprint density at radius 2 is 2.16 bits per heavy atom. The van der Waals surface area contributed by atoms with Crippen LogP contribution in [0.3, 0.4) is 0 Å². The fourth-order valence-electron chi connectivity index (χ4n) is 1.97. The molecule has 100 valence electrons. The predicted molar refractivity (Wildman–Crippen MR) is 85.9 cm³/mol. The number of pyridine rings is 1. The highest BCUT2D eigenvalue weighted by Crippen LogP contribution is 2.31. The molecule has 19 heavy (non-hydrogen) atoms. The monoisotopic (exact) mass is 388 g/mol. The van der Waals surface area contributed by atoms with Crippen molar-refractivity contribution in [3.8, 4) is 5.75 Å². The third kappa shape index (κ3) is 3.19. The molecular weight excluding hydrogens is 375 g/mol. The summed E-state index contributed by atoms with van der Waals surface area (Å²) in [6.45, 7) is 0. The van der Waals surface area contributed by atoms with Crippen LogP contribution in [0.5, 0.6) is 5.75 Å². The van der Waals surface area contributed by atoms with Crippen molar-refractivity contribution in [1.82, 2.24) is 10.3 Å². The number of nitrogens with one attached hydrogen (secondary N) is 1. The molecule has 1 aromatic carbocycles. The van der Waals surface area contributed by atoms with E-state index < -0.39 is 0 Å². The highest BCUT2D eigenvalue weighted by atomic mass is 127. The summed E-state index contributed by atoms with van der Waals surface area (Å²) in [4.78, 5) is 4.43. The van der Waals surface area contributed by atoms with Gasteiger partial charge < -0.3 is 10.1 Å². The number of methoxy groups -OCH3 is 1. The molecule has 0 aliphatic carbocycles. The Morgan fingerprint density at radius 3 is 2.84 bits per heavy atom. The van der Waals surface area contributed by atoms with Crippen molar-refractivity contribution in [2.45, 2.75) is 6.04 Å². The summed E-state index contributed by atoms with van der Waals surface area (Å²) in [7, 11) is 3.55. The van der Waals surface area contributed by atoms with Crippen LogP contribution in [0.25, 0.3) is 0 Å². The Morgan fingerprint density at radius 1 is 1.37 bits per heavy atom. The maximum Gasteiger partial charge on any atom is 0.142 e. The highest BCUT2D eigenvalue weighted by Gasteiger charge is 2.20. The lowest BCUT2D eigenvalue weighted by molar-refractivity contribution is 0.401. The minimum Gasteiger partial charge on any atom is -0.495 e. The molecule has 5 heteroatoms. The van der Waals surface area contributed by atoms with Gasteiger partial charge in [-0.25, -0.2) is 0 Å². The lowest BCUT2D eigenvalue weighted by atomic mass is 10.0. The molecular formula is C14H14ClIN2O. The van der Waals surface area contributed by atoms with Gasteiger partial charge in [-0.2, -0.15) is 0 Å². The lowest BCUT2D eigenvalue weighted by Crippen LogP contribution is -2.20. The van der Waals surface area contributed by atoms with E-state index >= 15 is 0 Å². The van der Waals surface area contributed by atoms with E-state index in [1.807, 2.05) is 37.4 Å². The summed E-state index contributed by atoms with van der Waals surface area (Å²) in [6, 6.07) is 9.55. The predicted octanol–water partition coefficient (Wildman–Crippen LogP) is 3.66. The van der Waals surface area contributed by atoms with Crippen molar-refractivity contribution in [2.75, 3.05) is 14.2 Å². The summed E-state index contributed by atoms with van der Waals surface area (Å²) in [5, 5.41) is 3.98. The van der Waals surface area contributed by atoms with Crippen LogP contribution in [0.4, 0.5) is 0 Å². The van der Waals surface area contributed by atoms with Crippen LogP contribution in [0, 0.1) is 3.57 Å². The number of halogens is 2. The van der Waals surface area contributed by atoms with Gasteiger partial charge in [0.2, 0.25) is 0 Å². The second-order valence-electron chi connectivity index (χ2n) is 3.98. The Balaban J connectivity index is 2.53. The molecule has 0 bridgehead atoms. The summed E-state index contributed by atoms with van der Waals surface area (Å²) < 4.78 is 6.52. The number of aromatic nitrogens is 1. The third-order valence-electron chi connectivity index (χ3n) is 2.85. The van der Waals surface area contributed by atoms with Gasteiger partial charge in [0.1, 0.15) is 11.4 Å². The number of benzene rings is 1. The van der Waals surface area contributed by atoms with Crippen LogP contribution in [-0.2, 0) is 0 Å². The maximum atomic E-state index is 6.10. The second kappa shape index (κ2) is 6.54. The molecule has 0 spiro atoms. The quantitative estimate of drug-likeness (QED) is 0.812. The summed E-state index contributed by atoms with van der Waals surface area (Å²) in [5.74, 6) is 0.762. The van der Waals surface area contributed by atoms with Gasteiger partial charge in [-0.15, -0.1) is 0 Å². The second-order valence-corrected chi connectivity index (χ2v) is 5.58. The number of ether oxygens (including phenoxy) is 1. The van der Waals surface area contributed by atoms with Gasteiger partial charge >= 0.3 is 0 Å².